The zero-order chi connectivity index (χ0) is 15.4. The molecule has 0 bridgehead atoms. The number of aromatic nitrogens is 1. The van der Waals surface area contributed by atoms with Crippen LogP contribution in [0.25, 0.3) is 22.0 Å². The average molecular weight is 311 g/mol. The fourth-order valence-electron chi connectivity index (χ4n) is 2.86. The van der Waals surface area contributed by atoms with Crippen LogP contribution in [0.3, 0.4) is 0 Å². The van der Waals surface area contributed by atoms with Gasteiger partial charge in [-0.2, -0.15) is 0 Å². The molecule has 0 aliphatic heterocycles. The summed E-state index contributed by atoms with van der Waals surface area (Å²) in [5.74, 6) is -0.198. The van der Waals surface area contributed by atoms with Crippen molar-refractivity contribution in [2.24, 2.45) is 0 Å². The highest BCUT2D eigenvalue weighted by atomic mass is 35.5. The van der Waals surface area contributed by atoms with E-state index in [1.165, 1.54) is 12.1 Å². The lowest BCUT2D eigenvalue weighted by molar-refractivity contribution is -0.384. The number of ketones is 1. The molecule has 1 aromatic heterocycles. The van der Waals surface area contributed by atoms with E-state index in [2.05, 4.69) is 4.98 Å². The number of rotatable bonds is 1. The third-order valence-corrected chi connectivity index (χ3v) is 4.08. The number of nitro benzene ring substituents is 1. The zero-order valence-corrected chi connectivity index (χ0v) is 11.8. The molecular weight excluding hydrogens is 304 g/mol. The van der Waals surface area contributed by atoms with Gasteiger partial charge in [0.2, 0.25) is 0 Å². The first kappa shape index (κ1) is 12.9. The number of hydrogen-bond donors (Lipinski definition) is 0. The van der Waals surface area contributed by atoms with E-state index in [4.69, 9.17) is 11.6 Å². The smallest absolute Gasteiger partial charge is 0.270 e. The van der Waals surface area contributed by atoms with E-state index in [-0.39, 0.29) is 16.6 Å². The summed E-state index contributed by atoms with van der Waals surface area (Å²) in [6.07, 6.45) is 0. The van der Waals surface area contributed by atoms with Gasteiger partial charge in [-0.3, -0.25) is 14.9 Å². The maximum absolute atomic E-state index is 12.5. The van der Waals surface area contributed by atoms with Gasteiger partial charge in [-0.15, -0.1) is 0 Å². The van der Waals surface area contributed by atoms with Crippen molar-refractivity contribution in [3.8, 4) is 11.1 Å². The largest absolute Gasteiger partial charge is 0.288 e. The van der Waals surface area contributed by atoms with Crippen LogP contribution in [-0.2, 0) is 0 Å². The molecule has 0 atom stereocenters. The molecule has 1 heterocycles. The summed E-state index contributed by atoms with van der Waals surface area (Å²) in [5.41, 5.74) is 2.70. The first-order valence-corrected chi connectivity index (χ1v) is 6.87. The Morgan fingerprint density at radius 1 is 1.05 bits per heavy atom. The SMILES string of the molecule is O=C1c2ccccc2-c2c1c(Cl)nc1ccc([N+](=O)[O-])cc21. The Balaban J connectivity index is 2.19. The Labute approximate surface area is 129 Å². The number of benzene rings is 2. The van der Waals surface area contributed by atoms with Crippen LogP contribution in [0.1, 0.15) is 15.9 Å². The van der Waals surface area contributed by atoms with E-state index in [9.17, 15) is 14.9 Å². The van der Waals surface area contributed by atoms with Crippen LogP contribution in [-0.4, -0.2) is 15.7 Å². The Morgan fingerprint density at radius 3 is 2.50 bits per heavy atom. The third-order valence-electron chi connectivity index (χ3n) is 3.80. The molecule has 2 aromatic carbocycles. The highest BCUT2D eigenvalue weighted by Gasteiger charge is 2.31. The lowest BCUT2D eigenvalue weighted by Gasteiger charge is -2.07. The van der Waals surface area contributed by atoms with Gasteiger partial charge < -0.3 is 0 Å². The van der Waals surface area contributed by atoms with Crippen LogP contribution in [0.15, 0.2) is 42.5 Å². The van der Waals surface area contributed by atoms with Crippen LogP contribution in [0, 0.1) is 10.1 Å². The fourth-order valence-corrected chi connectivity index (χ4v) is 3.13. The molecule has 4 rings (SSSR count). The van der Waals surface area contributed by atoms with Crippen LogP contribution >= 0.6 is 11.6 Å². The summed E-state index contributed by atoms with van der Waals surface area (Å²) in [5, 5.41) is 11.7. The van der Waals surface area contributed by atoms with Gasteiger partial charge in [0.05, 0.1) is 16.0 Å². The Bertz CT molecular complexity index is 998. The van der Waals surface area contributed by atoms with Crippen molar-refractivity contribution < 1.29 is 9.72 Å². The van der Waals surface area contributed by atoms with Crippen molar-refractivity contribution in [1.82, 2.24) is 4.98 Å². The number of carbonyl (C=O) groups is 1. The lowest BCUT2D eigenvalue weighted by Crippen LogP contribution is -1.98. The van der Waals surface area contributed by atoms with Gasteiger partial charge >= 0.3 is 0 Å². The minimum atomic E-state index is -0.469. The van der Waals surface area contributed by atoms with Gasteiger partial charge in [-0.1, -0.05) is 35.9 Å². The second kappa shape index (κ2) is 4.35. The molecule has 1 aliphatic carbocycles. The zero-order valence-electron chi connectivity index (χ0n) is 11.0. The number of pyridine rings is 1. The molecule has 0 unspecified atom stereocenters. The van der Waals surface area contributed by atoms with E-state index < -0.39 is 4.92 Å². The lowest BCUT2D eigenvalue weighted by atomic mass is 10.0. The van der Waals surface area contributed by atoms with Crippen molar-refractivity contribution in [2.45, 2.75) is 0 Å². The minimum absolute atomic E-state index is 0.0457. The van der Waals surface area contributed by atoms with E-state index in [0.29, 0.717) is 27.6 Å². The van der Waals surface area contributed by atoms with E-state index in [1.54, 1.807) is 18.2 Å². The molecule has 3 aromatic rings. The Morgan fingerprint density at radius 2 is 1.77 bits per heavy atom. The first-order chi connectivity index (χ1) is 10.6. The monoisotopic (exact) mass is 310 g/mol. The molecule has 0 saturated heterocycles. The summed E-state index contributed by atoms with van der Waals surface area (Å²) in [6, 6.07) is 11.5. The molecule has 0 saturated carbocycles. The predicted molar refractivity (Wildman–Crippen MR) is 82.3 cm³/mol. The van der Waals surface area contributed by atoms with Crippen LogP contribution in [0.4, 0.5) is 5.69 Å². The van der Waals surface area contributed by atoms with E-state index in [1.807, 2.05) is 12.1 Å². The van der Waals surface area contributed by atoms with Gasteiger partial charge in [-0.25, -0.2) is 4.98 Å². The maximum atomic E-state index is 12.5. The van der Waals surface area contributed by atoms with Crippen LogP contribution in [0.5, 0.6) is 0 Å². The number of carbonyl (C=O) groups excluding carboxylic acids is 1. The van der Waals surface area contributed by atoms with Crippen molar-refractivity contribution in [2.75, 3.05) is 0 Å². The topological polar surface area (TPSA) is 73.1 Å². The van der Waals surface area contributed by atoms with Crippen molar-refractivity contribution in [3.05, 3.63) is 68.9 Å². The van der Waals surface area contributed by atoms with Crippen molar-refractivity contribution in [1.29, 1.82) is 0 Å². The molecule has 106 valence electrons. The normalized spacial score (nSPS) is 12.3. The van der Waals surface area contributed by atoms with Gasteiger partial charge in [0.15, 0.2) is 5.78 Å². The van der Waals surface area contributed by atoms with Gasteiger partial charge in [-0.05, 0) is 11.6 Å². The van der Waals surface area contributed by atoms with Crippen molar-refractivity contribution >= 4 is 34.0 Å². The fraction of sp³-hybridized carbons (Fsp3) is 0. The Kier molecular flexibility index (Phi) is 2.55. The molecule has 0 amide bonds. The predicted octanol–water partition coefficient (Wildman–Crippen LogP) is 4.01. The van der Waals surface area contributed by atoms with Crippen LogP contribution < -0.4 is 0 Å². The number of non-ortho nitro benzene ring substituents is 1. The highest BCUT2D eigenvalue weighted by Crippen LogP contribution is 2.44. The third kappa shape index (κ3) is 1.60. The summed E-state index contributed by atoms with van der Waals surface area (Å²) >= 11 is 6.17. The maximum Gasteiger partial charge on any atom is 0.270 e. The molecule has 22 heavy (non-hydrogen) atoms. The molecule has 5 nitrogen and oxygen atoms in total. The second-order valence-corrected chi connectivity index (χ2v) is 5.34. The Hall–Kier alpha value is -2.79. The van der Waals surface area contributed by atoms with Crippen LogP contribution in [0.2, 0.25) is 5.15 Å². The minimum Gasteiger partial charge on any atom is -0.288 e. The highest BCUT2D eigenvalue weighted by molar-refractivity contribution is 6.38. The number of hydrogen-bond acceptors (Lipinski definition) is 4. The molecule has 1 aliphatic rings. The summed E-state index contributed by atoms with van der Waals surface area (Å²) in [6.45, 7) is 0. The summed E-state index contributed by atoms with van der Waals surface area (Å²) in [4.78, 5) is 27.3. The standard InChI is InChI=1S/C16H7ClN2O3/c17-16-14-13(9-3-1-2-4-10(9)15(14)20)11-7-8(19(21)22)5-6-12(11)18-16/h1-7H. The second-order valence-electron chi connectivity index (χ2n) is 4.99. The molecule has 0 N–H and O–H groups in total. The number of nitrogens with zero attached hydrogens (tertiary/aromatic N) is 2. The summed E-state index contributed by atoms with van der Waals surface area (Å²) < 4.78 is 0. The van der Waals surface area contributed by atoms with Gasteiger partial charge in [0.25, 0.3) is 5.69 Å². The molecule has 0 fully saturated rings. The average Bonchev–Trinajstić information content (AvgIpc) is 2.82. The quantitative estimate of drug-likeness (QED) is 0.302. The van der Waals surface area contributed by atoms with Crippen molar-refractivity contribution in [3.63, 3.8) is 0 Å². The number of halogens is 1. The molecular formula is C16H7ClN2O3. The van der Waals surface area contributed by atoms with E-state index >= 15 is 0 Å². The molecule has 0 radical (unpaired) electrons. The number of nitro groups is 1. The first-order valence-electron chi connectivity index (χ1n) is 6.49. The van der Waals surface area contributed by atoms with Gasteiger partial charge in [0, 0.05) is 28.6 Å². The summed E-state index contributed by atoms with van der Waals surface area (Å²) in [7, 11) is 0. The van der Waals surface area contributed by atoms with Gasteiger partial charge in [0.1, 0.15) is 5.15 Å². The van der Waals surface area contributed by atoms with E-state index in [0.717, 1.165) is 5.56 Å². The molecule has 0 spiro atoms. The molecule has 6 heteroatoms. The number of fused-ring (bicyclic) bond motifs is 5.